The Bertz CT molecular complexity index is 860. The van der Waals surface area contributed by atoms with Crippen molar-refractivity contribution in [1.82, 2.24) is 5.32 Å². The van der Waals surface area contributed by atoms with Gasteiger partial charge in [0, 0.05) is 0 Å². The van der Waals surface area contributed by atoms with E-state index >= 15 is 0 Å². The van der Waals surface area contributed by atoms with Gasteiger partial charge < -0.3 is 10.1 Å². The van der Waals surface area contributed by atoms with Crippen LogP contribution in [0.5, 0.6) is 5.75 Å². The van der Waals surface area contributed by atoms with Gasteiger partial charge in [-0.15, -0.1) is 0 Å². The molecule has 0 aliphatic carbocycles. The van der Waals surface area contributed by atoms with Gasteiger partial charge in [0.2, 0.25) is 0 Å². The van der Waals surface area contributed by atoms with E-state index in [4.69, 9.17) is 16.3 Å². The van der Waals surface area contributed by atoms with Crippen molar-refractivity contribution < 1.29 is 9.53 Å². The van der Waals surface area contributed by atoms with Crippen molar-refractivity contribution >= 4 is 46.2 Å². The van der Waals surface area contributed by atoms with Gasteiger partial charge in [0.05, 0.1) is 15.6 Å². The van der Waals surface area contributed by atoms with Crippen LogP contribution in [-0.2, 0) is 4.79 Å². The maximum atomic E-state index is 12.1. The monoisotopic (exact) mass is 370 g/mol. The number of hydrogen-bond acceptors (Lipinski definition) is 4. The maximum absolute atomic E-state index is 12.1. The van der Waals surface area contributed by atoms with Crippen LogP contribution < -0.4 is 10.1 Å². The Balaban J connectivity index is 1.75. The predicted molar refractivity (Wildman–Crippen MR) is 104 cm³/mol. The molecule has 1 aliphatic heterocycles. The summed E-state index contributed by atoms with van der Waals surface area (Å²) >= 11 is 7.38. The molecule has 126 valence electrons. The highest BCUT2D eigenvalue weighted by Crippen LogP contribution is 2.30. The van der Waals surface area contributed by atoms with Crippen molar-refractivity contribution in [1.29, 1.82) is 0 Å². The number of amides is 1. The van der Waals surface area contributed by atoms with E-state index in [1.54, 1.807) is 18.2 Å². The summed E-state index contributed by atoms with van der Waals surface area (Å²) in [4.78, 5) is 17.1. The van der Waals surface area contributed by atoms with Crippen molar-refractivity contribution in [3.63, 3.8) is 0 Å². The van der Waals surface area contributed by atoms with Gasteiger partial charge in [0.1, 0.15) is 12.4 Å². The lowest BCUT2D eigenvalue weighted by Crippen LogP contribution is -2.19. The largest absolute Gasteiger partial charge is 0.490 e. The van der Waals surface area contributed by atoms with E-state index in [0.29, 0.717) is 27.4 Å². The van der Waals surface area contributed by atoms with Crippen LogP contribution in [0, 0.1) is 0 Å². The van der Waals surface area contributed by atoms with Crippen LogP contribution in [0.4, 0.5) is 5.69 Å². The summed E-state index contributed by atoms with van der Waals surface area (Å²) in [6.07, 6.45) is 3.50. The second kappa shape index (κ2) is 8.05. The normalized spacial score (nSPS) is 16.9. The molecule has 2 aromatic rings. The zero-order valence-electron chi connectivity index (χ0n) is 13.2. The van der Waals surface area contributed by atoms with Crippen molar-refractivity contribution in [3.8, 4) is 5.75 Å². The lowest BCUT2D eigenvalue weighted by molar-refractivity contribution is -0.115. The van der Waals surface area contributed by atoms with Gasteiger partial charge in [-0.05, 0) is 47.7 Å². The molecule has 3 rings (SSSR count). The first-order chi connectivity index (χ1) is 12.2. The molecule has 1 amide bonds. The van der Waals surface area contributed by atoms with Gasteiger partial charge in [-0.2, -0.15) is 0 Å². The molecule has 0 bridgehead atoms. The van der Waals surface area contributed by atoms with Gasteiger partial charge in [-0.3, -0.25) is 4.79 Å². The summed E-state index contributed by atoms with van der Waals surface area (Å²) in [6, 6.07) is 14.7. The highest BCUT2D eigenvalue weighted by molar-refractivity contribution is 8.18. The van der Waals surface area contributed by atoms with Crippen molar-refractivity contribution in [2.75, 3.05) is 6.61 Å². The van der Waals surface area contributed by atoms with Crippen molar-refractivity contribution in [2.45, 2.75) is 0 Å². The first-order valence-corrected chi connectivity index (χ1v) is 8.73. The minimum absolute atomic E-state index is 0.178. The van der Waals surface area contributed by atoms with E-state index in [2.05, 4.69) is 16.9 Å². The Morgan fingerprint density at radius 3 is 2.68 bits per heavy atom. The number of nitrogens with one attached hydrogen (secondary N) is 1. The van der Waals surface area contributed by atoms with Crippen LogP contribution in [0.1, 0.15) is 5.56 Å². The molecule has 25 heavy (non-hydrogen) atoms. The van der Waals surface area contributed by atoms with Crippen LogP contribution in [0.15, 0.2) is 71.1 Å². The van der Waals surface area contributed by atoms with Gasteiger partial charge in [0.15, 0.2) is 5.17 Å². The second-order valence-corrected chi connectivity index (χ2v) is 6.54. The Hall–Kier alpha value is -2.50. The molecule has 1 heterocycles. The van der Waals surface area contributed by atoms with E-state index in [9.17, 15) is 4.79 Å². The number of benzene rings is 2. The average molecular weight is 371 g/mol. The molecule has 0 atom stereocenters. The number of nitrogens with zero attached hydrogens (tertiary/aromatic N) is 1. The molecule has 1 saturated heterocycles. The number of rotatable bonds is 5. The van der Waals surface area contributed by atoms with Crippen molar-refractivity contribution in [2.24, 2.45) is 4.99 Å². The summed E-state index contributed by atoms with van der Waals surface area (Å²) in [5.41, 5.74) is 1.53. The molecule has 1 fully saturated rings. The first kappa shape index (κ1) is 17.3. The Morgan fingerprint density at radius 2 is 1.96 bits per heavy atom. The maximum Gasteiger partial charge on any atom is 0.264 e. The summed E-state index contributed by atoms with van der Waals surface area (Å²) < 4.78 is 5.44. The summed E-state index contributed by atoms with van der Waals surface area (Å²) in [6.45, 7) is 4.07. The number of aliphatic imine (C=N–C) groups is 1. The number of halogens is 1. The van der Waals surface area contributed by atoms with E-state index in [0.717, 1.165) is 11.3 Å². The number of carbonyl (C=O) groups excluding carboxylic acids is 1. The van der Waals surface area contributed by atoms with Crippen LogP contribution in [0.3, 0.4) is 0 Å². The standard InChI is InChI=1S/C19H15ClN2O2S/c1-2-11-24-14-9-7-13(8-10-14)12-17-18(23)22-19(25-17)21-16-6-4-3-5-15(16)20/h2-10,12H,1,11H2,(H,21,22,23)/b17-12+. The number of hydrogen-bond donors (Lipinski definition) is 1. The molecule has 0 radical (unpaired) electrons. The van der Waals surface area contributed by atoms with E-state index < -0.39 is 0 Å². The lowest BCUT2D eigenvalue weighted by atomic mass is 10.2. The zero-order chi connectivity index (χ0) is 17.6. The topological polar surface area (TPSA) is 50.7 Å². The second-order valence-electron chi connectivity index (χ2n) is 5.10. The molecular formula is C19H15ClN2O2S. The molecule has 0 spiro atoms. The number of thioether (sulfide) groups is 1. The lowest BCUT2D eigenvalue weighted by Gasteiger charge is -2.03. The SMILES string of the molecule is C=CCOc1ccc(/C=C2/SC(=Nc3ccccc3Cl)NC2=O)cc1. The molecular weight excluding hydrogens is 356 g/mol. The molecule has 2 aromatic carbocycles. The Kier molecular flexibility index (Phi) is 5.58. The number of carbonyl (C=O) groups is 1. The third-order valence-corrected chi connectivity index (χ3v) is 4.50. The first-order valence-electron chi connectivity index (χ1n) is 7.53. The highest BCUT2D eigenvalue weighted by atomic mass is 35.5. The van der Waals surface area contributed by atoms with Crippen LogP contribution in [0.2, 0.25) is 5.02 Å². The predicted octanol–water partition coefficient (Wildman–Crippen LogP) is 4.80. The fraction of sp³-hybridized carbons (Fsp3) is 0.0526. The van der Waals surface area contributed by atoms with Crippen LogP contribution in [-0.4, -0.2) is 17.7 Å². The zero-order valence-corrected chi connectivity index (χ0v) is 14.8. The van der Waals surface area contributed by atoms with Crippen LogP contribution in [0.25, 0.3) is 6.08 Å². The summed E-state index contributed by atoms with van der Waals surface area (Å²) in [5.74, 6) is 0.578. The van der Waals surface area contributed by atoms with Gasteiger partial charge in [0.25, 0.3) is 5.91 Å². The number of amidine groups is 1. The Labute approximate surface area is 155 Å². The summed E-state index contributed by atoms with van der Waals surface area (Å²) in [5, 5.41) is 3.80. The molecule has 0 saturated carbocycles. The number of para-hydroxylation sites is 1. The van der Waals surface area contributed by atoms with Gasteiger partial charge in [-0.25, -0.2) is 4.99 Å². The fourth-order valence-corrected chi connectivity index (χ4v) is 3.11. The molecule has 4 nitrogen and oxygen atoms in total. The smallest absolute Gasteiger partial charge is 0.264 e. The van der Waals surface area contributed by atoms with E-state index in [-0.39, 0.29) is 5.91 Å². The van der Waals surface area contributed by atoms with Crippen LogP contribution >= 0.6 is 23.4 Å². The van der Waals surface area contributed by atoms with E-state index in [1.807, 2.05) is 42.5 Å². The Morgan fingerprint density at radius 1 is 1.20 bits per heavy atom. The summed E-state index contributed by atoms with van der Waals surface area (Å²) in [7, 11) is 0. The van der Waals surface area contributed by atoms with Gasteiger partial charge >= 0.3 is 0 Å². The third-order valence-electron chi connectivity index (χ3n) is 3.27. The molecule has 0 unspecified atom stereocenters. The minimum atomic E-state index is -0.178. The third kappa shape index (κ3) is 4.53. The fourth-order valence-electron chi connectivity index (χ4n) is 2.10. The minimum Gasteiger partial charge on any atom is -0.490 e. The van der Waals surface area contributed by atoms with Gasteiger partial charge in [-0.1, -0.05) is 48.5 Å². The van der Waals surface area contributed by atoms with E-state index in [1.165, 1.54) is 11.8 Å². The van der Waals surface area contributed by atoms with Crippen molar-refractivity contribution in [3.05, 3.63) is 76.7 Å². The molecule has 6 heteroatoms. The quantitative estimate of drug-likeness (QED) is 0.607. The molecule has 0 aromatic heterocycles. The molecule has 1 aliphatic rings. The molecule has 1 N–H and O–H groups in total. The highest BCUT2D eigenvalue weighted by Gasteiger charge is 2.23. The average Bonchev–Trinajstić information content (AvgIpc) is 2.95. The number of ether oxygens (including phenoxy) is 1.